The zero-order valence-electron chi connectivity index (χ0n) is 9.66. The lowest BCUT2D eigenvalue weighted by Crippen LogP contribution is -2.38. The van der Waals surface area contributed by atoms with E-state index in [1.165, 1.54) is 6.92 Å². The van der Waals surface area contributed by atoms with Crippen molar-refractivity contribution < 1.29 is 19.4 Å². The van der Waals surface area contributed by atoms with Gasteiger partial charge in [-0.2, -0.15) is 0 Å². The van der Waals surface area contributed by atoms with E-state index in [-0.39, 0.29) is 5.41 Å². The topological polar surface area (TPSA) is 63.6 Å². The van der Waals surface area contributed by atoms with Gasteiger partial charge in [0.05, 0.1) is 0 Å². The molecule has 15 heavy (non-hydrogen) atoms. The van der Waals surface area contributed by atoms with Gasteiger partial charge in [0.25, 0.3) is 0 Å². The smallest absolute Gasteiger partial charge is 0.313 e. The first-order valence-electron chi connectivity index (χ1n) is 5.08. The summed E-state index contributed by atoms with van der Waals surface area (Å²) in [5, 5.41) is 9.20. The summed E-state index contributed by atoms with van der Waals surface area (Å²) >= 11 is 0. The number of carboxylic acid groups (broad SMARTS) is 1. The molecular weight excluding hydrogens is 196 g/mol. The van der Waals surface area contributed by atoms with Crippen LogP contribution in [0.5, 0.6) is 0 Å². The van der Waals surface area contributed by atoms with E-state index < -0.39 is 23.5 Å². The van der Waals surface area contributed by atoms with Crippen LogP contribution in [0.4, 0.5) is 0 Å². The predicted molar refractivity (Wildman–Crippen MR) is 54.3 cm³/mol. The van der Waals surface area contributed by atoms with Crippen LogP contribution in [0.3, 0.4) is 0 Å². The minimum absolute atomic E-state index is 0.0900. The number of esters is 1. The Morgan fingerprint density at radius 2 is 1.87 bits per heavy atom. The molecule has 1 rings (SSSR count). The van der Waals surface area contributed by atoms with Crippen LogP contribution in [0, 0.1) is 10.8 Å². The van der Waals surface area contributed by atoms with Crippen LogP contribution in [0.25, 0.3) is 0 Å². The maximum absolute atomic E-state index is 11.2. The molecule has 0 heterocycles. The van der Waals surface area contributed by atoms with Crippen LogP contribution in [-0.2, 0) is 14.3 Å². The number of carboxylic acids is 1. The molecule has 1 aliphatic rings. The van der Waals surface area contributed by atoms with Crippen LogP contribution in [-0.4, -0.2) is 23.1 Å². The Balaban J connectivity index is 2.93. The lowest BCUT2D eigenvalue weighted by molar-refractivity contribution is -0.163. The highest BCUT2D eigenvalue weighted by Crippen LogP contribution is 2.50. The van der Waals surface area contributed by atoms with Crippen molar-refractivity contribution in [3.05, 3.63) is 0 Å². The SMILES string of the molecule is CC(=O)O[C@@H]1CC(C)(C)C[C@]1(C)C(=O)O. The predicted octanol–water partition coefficient (Wildman–Crippen LogP) is 1.83. The largest absolute Gasteiger partial charge is 0.481 e. The van der Waals surface area contributed by atoms with Crippen LogP contribution in [0.2, 0.25) is 0 Å². The first-order chi connectivity index (χ1) is 6.67. The summed E-state index contributed by atoms with van der Waals surface area (Å²) in [5.74, 6) is -1.30. The fourth-order valence-corrected chi connectivity index (χ4v) is 2.49. The molecule has 0 aromatic rings. The van der Waals surface area contributed by atoms with Gasteiger partial charge in [-0.1, -0.05) is 13.8 Å². The molecule has 1 fully saturated rings. The van der Waals surface area contributed by atoms with Gasteiger partial charge >= 0.3 is 11.9 Å². The van der Waals surface area contributed by atoms with Crippen molar-refractivity contribution in [2.75, 3.05) is 0 Å². The Morgan fingerprint density at radius 3 is 2.27 bits per heavy atom. The molecule has 0 aromatic heterocycles. The quantitative estimate of drug-likeness (QED) is 0.712. The molecule has 4 nitrogen and oxygen atoms in total. The Morgan fingerprint density at radius 1 is 1.33 bits per heavy atom. The van der Waals surface area contributed by atoms with Gasteiger partial charge in [-0.15, -0.1) is 0 Å². The lowest BCUT2D eigenvalue weighted by Gasteiger charge is -2.26. The summed E-state index contributed by atoms with van der Waals surface area (Å²) < 4.78 is 5.10. The van der Waals surface area contributed by atoms with Gasteiger partial charge < -0.3 is 9.84 Å². The van der Waals surface area contributed by atoms with Crippen LogP contribution in [0.15, 0.2) is 0 Å². The number of hydrogen-bond acceptors (Lipinski definition) is 3. The third kappa shape index (κ3) is 2.30. The van der Waals surface area contributed by atoms with Crippen LogP contribution < -0.4 is 0 Å². The van der Waals surface area contributed by atoms with E-state index in [9.17, 15) is 14.7 Å². The number of ether oxygens (including phenoxy) is 1. The van der Waals surface area contributed by atoms with Gasteiger partial charge in [0.15, 0.2) is 0 Å². The molecule has 1 saturated carbocycles. The summed E-state index contributed by atoms with van der Waals surface area (Å²) in [6.07, 6.45) is 0.630. The van der Waals surface area contributed by atoms with E-state index in [1.54, 1.807) is 6.92 Å². The molecule has 86 valence electrons. The maximum Gasteiger partial charge on any atom is 0.313 e. The highest BCUT2D eigenvalue weighted by molar-refractivity contribution is 5.76. The highest BCUT2D eigenvalue weighted by Gasteiger charge is 2.54. The van der Waals surface area contributed by atoms with Gasteiger partial charge in [0, 0.05) is 6.92 Å². The first kappa shape index (κ1) is 12.0. The maximum atomic E-state index is 11.2. The van der Waals surface area contributed by atoms with Crippen molar-refractivity contribution in [1.29, 1.82) is 0 Å². The van der Waals surface area contributed by atoms with Crippen molar-refractivity contribution in [3.8, 4) is 0 Å². The molecule has 0 radical (unpaired) electrons. The Labute approximate surface area is 89.6 Å². The fourth-order valence-electron chi connectivity index (χ4n) is 2.49. The number of hydrogen-bond donors (Lipinski definition) is 1. The molecule has 0 unspecified atom stereocenters. The second-order valence-corrected chi connectivity index (χ2v) is 5.37. The summed E-state index contributed by atoms with van der Waals surface area (Å²) in [7, 11) is 0. The fraction of sp³-hybridized carbons (Fsp3) is 0.818. The third-order valence-electron chi connectivity index (χ3n) is 3.09. The highest BCUT2D eigenvalue weighted by atomic mass is 16.5. The Bertz CT molecular complexity index is 295. The molecule has 0 aromatic carbocycles. The molecule has 1 aliphatic carbocycles. The van der Waals surface area contributed by atoms with Crippen molar-refractivity contribution in [3.63, 3.8) is 0 Å². The molecule has 0 saturated heterocycles. The molecule has 2 atom stereocenters. The second kappa shape index (κ2) is 3.51. The van der Waals surface area contributed by atoms with Gasteiger partial charge in [-0.25, -0.2) is 0 Å². The van der Waals surface area contributed by atoms with E-state index in [0.29, 0.717) is 12.8 Å². The number of aliphatic carboxylic acids is 1. The molecule has 0 amide bonds. The molecule has 4 heteroatoms. The van der Waals surface area contributed by atoms with E-state index in [2.05, 4.69) is 0 Å². The molecular formula is C11H18O4. The Kier molecular flexibility index (Phi) is 2.81. The third-order valence-corrected chi connectivity index (χ3v) is 3.09. The molecule has 0 spiro atoms. The van der Waals surface area contributed by atoms with Crippen LogP contribution in [0.1, 0.15) is 40.5 Å². The normalized spacial score (nSPS) is 33.7. The van der Waals surface area contributed by atoms with Gasteiger partial charge in [0.2, 0.25) is 0 Å². The van der Waals surface area contributed by atoms with Gasteiger partial charge in [-0.05, 0) is 25.2 Å². The average Bonchev–Trinajstić information content (AvgIpc) is 2.21. The minimum Gasteiger partial charge on any atom is -0.481 e. The summed E-state index contributed by atoms with van der Waals surface area (Å²) in [6, 6.07) is 0. The van der Waals surface area contributed by atoms with E-state index >= 15 is 0 Å². The van der Waals surface area contributed by atoms with Crippen molar-refractivity contribution in [1.82, 2.24) is 0 Å². The average molecular weight is 214 g/mol. The van der Waals surface area contributed by atoms with E-state index in [0.717, 1.165) is 0 Å². The monoisotopic (exact) mass is 214 g/mol. The molecule has 0 aliphatic heterocycles. The number of carbonyl (C=O) groups excluding carboxylic acids is 1. The van der Waals surface area contributed by atoms with E-state index in [1.807, 2.05) is 13.8 Å². The van der Waals surface area contributed by atoms with Crippen LogP contribution >= 0.6 is 0 Å². The summed E-state index contributed by atoms with van der Waals surface area (Å²) in [4.78, 5) is 22.1. The van der Waals surface area contributed by atoms with Crippen molar-refractivity contribution in [2.45, 2.75) is 46.6 Å². The summed E-state index contributed by atoms with van der Waals surface area (Å²) in [6.45, 7) is 6.96. The standard InChI is InChI=1S/C11H18O4/c1-7(12)15-8-5-10(2,3)6-11(8,4)9(13)14/h8H,5-6H2,1-4H3,(H,13,14)/t8-,11+/m1/s1. The number of rotatable bonds is 2. The van der Waals surface area contributed by atoms with Crippen molar-refractivity contribution in [2.24, 2.45) is 10.8 Å². The lowest BCUT2D eigenvalue weighted by atomic mass is 9.82. The molecule has 0 bridgehead atoms. The van der Waals surface area contributed by atoms with Gasteiger partial charge in [-0.3, -0.25) is 9.59 Å². The van der Waals surface area contributed by atoms with Crippen molar-refractivity contribution >= 4 is 11.9 Å². The second-order valence-electron chi connectivity index (χ2n) is 5.37. The minimum atomic E-state index is -0.949. The Hall–Kier alpha value is -1.06. The number of carbonyl (C=O) groups is 2. The van der Waals surface area contributed by atoms with Gasteiger partial charge in [0.1, 0.15) is 11.5 Å². The first-order valence-corrected chi connectivity index (χ1v) is 5.08. The summed E-state index contributed by atoms with van der Waals surface area (Å²) in [5.41, 5.74) is -1.04. The zero-order valence-corrected chi connectivity index (χ0v) is 9.66. The van der Waals surface area contributed by atoms with E-state index in [4.69, 9.17) is 4.74 Å². The molecule has 1 N–H and O–H groups in total. The zero-order chi connectivity index (χ0) is 11.9.